The second-order valence-corrected chi connectivity index (χ2v) is 14.5. The zero-order valence-corrected chi connectivity index (χ0v) is 31.5. The summed E-state index contributed by atoms with van der Waals surface area (Å²) in [7, 11) is 1.97. The number of rotatable bonds is 8. The zero-order chi connectivity index (χ0) is 38.2. The Morgan fingerprint density at radius 2 is 0.719 bits per heavy atom. The fourth-order valence-electron chi connectivity index (χ4n) is 8.48. The van der Waals surface area contributed by atoms with Gasteiger partial charge in [0.15, 0.2) is 17.5 Å². The van der Waals surface area contributed by atoms with Crippen molar-refractivity contribution in [1.29, 1.82) is 0 Å². The standard InChI is InChI=1S/C53H38N4/c1-54-45-27-15-21-39(33-45)41-29-31-47-46-30-28-40(34-48(46)53(49(47)35-41,43-23-10-4-11-24-43)44-25-12-5-13-26-44)38-20-14-22-42(32-38)52-56-50(36-16-6-2-7-17-36)55-51(57-52)37-18-8-3-9-19-37/h2-35,54H,1H3. The first kappa shape index (κ1) is 34.1. The summed E-state index contributed by atoms with van der Waals surface area (Å²) in [6.45, 7) is 0. The number of aromatic nitrogens is 3. The minimum Gasteiger partial charge on any atom is -0.388 e. The van der Waals surface area contributed by atoms with Crippen molar-refractivity contribution in [2.75, 3.05) is 12.4 Å². The molecule has 0 radical (unpaired) electrons. The lowest BCUT2D eigenvalue weighted by Crippen LogP contribution is -2.28. The van der Waals surface area contributed by atoms with Crippen LogP contribution in [0.15, 0.2) is 206 Å². The highest BCUT2D eigenvalue weighted by Crippen LogP contribution is 2.57. The van der Waals surface area contributed by atoms with Gasteiger partial charge in [0, 0.05) is 29.4 Å². The van der Waals surface area contributed by atoms with E-state index in [0.717, 1.165) is 33.5 Å². The Kier molecular flexibility index (Phi) is 8.57. The molecular formula is C53H38N4. The van der Waals surface area contributed by atoms with Crippen molar-refractivity contribution in [2.45, 2.75) is 5.41 Å². The van der Waals surface area contributed by atoms with Crippen molar-refractivity contribution in [2.24, 2.45) is 0 Å². The number of nitrogens with zero attached hydrogens (tertiary/aromatic N) is 3. The summed E-state index contributed by atoms with van der Waals surface area (Å²) >= 11 is 0. The van der Waals surface area contributed by atoms with Gasteiger partial charge < -0.3 is 5.32 Å². The molecule has 0 aliphatic heterocycles. The molecule has 0 atom stereocenters. The first-order valence-corrected chi connectivity index (χ1v) is 19.4. The van der Waals surface area contributed by atoms with Crippen LogP contribution in [0.2, 0.25) is 0 Å². The highest BCUT2D eigenvalue weighted by molar-refractivity contribution is 5.90. The molecule has 0 spiro atoms. The van der Waals surface area contributed by atoms with E-state index in [1.807, 2.05) is 67.7 Å². The van der Waals surface area contributed by atoms with Crippen molar-refractivity contribution >= 4 is 5.69 Å². The summed E-state index contributed by atoms with van der Waals surface area (Å²) in [6, 6.07) is 73.4. The van der Waals surface area contributed by atoms with Gasteiger partial charge in [-0.1, -0.05) is 176 Å². The molecule has 10 rings (SSSR count). The first-order valence-electron chi connectivity index (χ1n) is 19.4. The van der Waals surface area contributed by atoms with E-state index in [-0.39, 0.29) is 0 Å². The third kappa shape index (κ3) is 5.99. The zero-order valence-electron chi connectivity index (χ0n) is 31.5. The van der Waals surface area contributed by atoms with E-state index < -0.39 is 5.41 Å². The Bertz CT molecular complexity index is 2770. The van der Waals surface area contributed by atoms with Gasteiger partial charge in [0.2, 0.25) is 0 Å². The van der Waals surface area contributed by atoms with Crippen molar-refractivity contribution in [3.63, 3.8) is 0 Å². The Hall–Kier alpha value is -7.43. The molecule has 8 aromatic carbocycles. The Labute approximate surface area is 333 Å². The highest BCUT2D eigenvalue weighted by atomic mass is 15.0. The van der Waals surface area contributed by atoms with Gasteiger partial charge >= 0.3 is 0 Å². The maximum atomic E-state index is 5.04. The summed E-state index contributed by atoms with van der Waals surface area (Å²) in [6.07, 6.45) is 0. The molecule has 57 heavy (non-hydrogen) atoms. The number of hydrogen-bond acceptors (Lipinski definition) is 4. The van der Waals surface area contributed by atoms with E-state index in [9.17, 15) is 0 Å². The Morgan fingerprint density at radius 1 is 0.333 bits per heavy atom. The third-order valence-corrected chi connectivity index (χ3v) is 11.2. The molecule has 1 N–H and O–H groups in total. The van der Waals surface area contributed by atoms with Crippen molar-refractivity contribution in [3.8, 4) is 67.5 Å². The van der Waals surface area contributed by atoms with Crippen LogP contribution in [0, 0.1) is 0 Å². The molecule has 1 aromatic heterocycles. The van der Waals surface area contributed by atoms with Crippen LogP contribution < -0.4 is 5.32 Å². The van der Waals surface area contributed by atoms with Gasteiger partial charge in [-0.3, -0.25) is 0 Å². The molecule has 0 unspecified atom stereocenters. The van der Waals surface area contributed by atoms with Crippen LogP contribution >= 0.6 is 0 Å². The topological polar surface area (TPSA) is 50.7 Å². The Balaban J connectivity index is 1.16. The maximum absolute atomic E-state index is 5.04. The second kappa shape index (κ2) is 14.3. The second-order valence-electron chi connectivity index (χ2n) is 14.5. The number of nitrogens with one attached hydrogen (secondary N) is 1. The minimum absolute atomic E-state index is 0.555. The molecule has 0 amide bonds. The summed E-state index contributed by atoms with van der Waals surface area (Å²) < 4.78 is 0. The fourth-order valence-corrected chi connectivity index (χ4v) is 8.48. The van der Waals surface area contributed by atoms with Crippen LogP contribution in [0.5, 0.6) is 0 Å². The van der Waals surface area contributed by atoms with E-state index in [4.69, 9.17) is 15.0 Å². The summed E-state index contributed by atoms with van der Waals surface area (Å²) in [5, 5.41) is 3.32. The molecule has 0 saturated carbocycles. The monoisotopic (exact) mass is 730 g/mol. The lowest BCUT2D eigenvalue weighted by atomic mass is 9.67. The lowest BCUT2D eigenvalue weighted by molar-refractivity contribution is 0.769. The molecule has 0 saturated heterocycles. The average molecular weight is 731 g/mol. The number of hydrogen-bond donors (Lipinski definition) is 1. The molecule has 4 heteroatoms. The normalized spacial score (nSPS) is 12.4. The van der Waals surface area contributed by atoms with Crippen molar-refractivity contribution < 1.29 is 0 Å². The number of benzene rings is 8. The predicted octanol–water partition coefficient (Wildman–Crippen LogP) is 12.6. The van der Waals surface area contributed by atoms with Gasteiger partial charge in [-0.2, -0.15) is 0 Å². The highest BCUT2D eigenvalue weighted by Gasteiger charge is 2.46. The largest absolute Gasteiger partial charge is 0.388 e. The molecular weight excluding hydrogens is 693 g/mol. The van der Waals surface area contributed by atoms with Crippen LogP contribution in [0.1, 0.15) is 22.3 Å². The smallest absolute Gasteiger partial charge is 0.164 e. The fraction of sp³-hybridized carbons (Fsp3) is 0.0377. The number of fused-ring (bicyclic) bond motifs is 3. The summed E-state index contributed by atoms with van der Waals surface area (Å²) in [4.78, 5) is 15.0. The predicted molar refractivity (Wildman–Crippen MR) is 234 cm³/mol. The van der Waals surface area contributed by atoms with Crippen molar-refractivity contribution in [1.82, 2.24) is 15.0 Å². The average Bonchev–Trinajstić information content (AvgIpc) is 3.60. The van der Waals surface area contributed by atoms with E-state index >= 15 is 0 Å². The molecule has 9 aromatic rings. The van der Waals surface area contributed by atoms with Gasteiger partial charge in [0.1, 0.15) is 0 Å². The van der Waals surface area contributed by atoms with E-state index in [1.54, 1.807) is 0 Å². The van der Waals surface area contributed by atoms with Crippen molar-refractivity contribution in [3.05, 3.63) is 229 Å². The van der Waals surface area contributed by atoms with Gasteiger partial charge in [0.05, 0.1) is 5.41 Å². The molecule has 1 heterocycles. The molecule has 270 valence electrons. The van der Waals surface area contributed by atoms with Gasteiger partial charge in [-0.05, 0) is 86.0 Å². The third-order valence-electron chi connectivity index (χ3n) is 11.2. The lowest BCUT2D eigenvalue weighted by Gasteiger charge is -2.34. The maximum Gasteiger partial charge on any atom is 0.164 e. The summed E-state index contributed by atoms with van der Waals surface area (Å²) in [5.41, 5.74) is 15.4. The molecule has 4 nitrogen and oxygen atoms in total. The van der Waals surface area contributed by atoms with Gasteiger partial charge in [-0.15, -0.1) is 0 Å². The van der Waals surface area contributed by atoms with Gasteiger partial charge in [0.25, 0.3) is 0 Å². The van der Waals surface area contributed by atoms with Crippen LogP contribution in [0.3, 0.4) is 0 Å². The Morgan fingerprint density at radius 3 is 1.21 bits per heavy atom. The molecule has 1 aliphatic carbocycles. The molecule has 0 bridgehead atoms. The van der Waals surface area contributed by atoms with Gasteiger partial charge in [-0.25, -0.2) is 15.0 Å². The van der Waals surface area contributed by atoms with Crippen LogP contribution in [-0.2, 0) is 5.41 Å². The quantitative estimate of drug-likeness (QED) is 0.169. The van der Waals surface area contributed by atoms with Crippen LogP contribution in [0.25, 0.3) is 67.5 Å². The van der Waals surface area contributed by atoms with E-state index in [0.29, 0.717) is 17.5 Å². The number of anilines is 1. The van der Waals surface area contributed by atoms with E-state index in [2.05, 4.69) is 151 Å². The van der Waals surface area contributed by atoms with Crippen LogP contribution in [-0.4, -0.2) is 22.0 Å². The minimum atomic E-state index is -0.555. The SMILES string of the molecule is CNc1cccc(-c2ccc3c(c2)C(c2ccccc2)(c2ccccc2)c2cc(-c4cccc(-c5nc(-c6ccccc6)nc(-c6ccccc6)n5)c4)ccc2-3)c1. The molecule has 0 fully saturated rings. The van der Waals surface area contributed by atoms with E-state index in [1.165, 1.54) is 44.5 Å². The summed E-state index contributed by atoms with van der Waals surface area (Å²) in [5.74, 6) is 1.93. The molecule has 1 aliphatic rings. The first-order chi connectivity index (χ1) is 28.2. The van der Waals surface area contributed by atoms with Crippen LogP contribution in [0.4, 0.5) is 5.69 Å².